The molecule has 0 atom stereocenters. The fourth-order valence-corrected chi connectivity index (χ4v) is 4.27. The molecule has 1 aliphatic heterocycles. The van der Waals surface area contributed by atoms with Gasteiger partial charge in [0.05, 0.1) is 36.7 Å². The van der Waals surface area contributed by atoms with Crippen molar-refractivity contribution in [2.45, 2.75) is 25.9 Å². The Labute approximate surface area is 184 Å². The maximum Gasteiger partial charge on any atom is 0.221 e. The highest BCUT2D eigenvalue weighted by Gasteiger charge is 2.14. The predicted octanol–water partition coefficient (Wildman–Crippen LogP) is 2.78. The SMILES string of the molecule is c1cnc2ccc(Cn3nnc4ncc(-c5cnn(CCN6CCCC6)c5)nc43)cc2c1. The zero-order chi connectivity index (χ0) is 21.3. The van der Waals surface area contributed by atoms with Gasteiger partial charge in [0, 0.05) is 29.9 Å². The largest absolute Gasteiger partial charge is 0.301 e. The second-order valence-electron chi connectivity index (χ2n) is 8.22. The Morgan fingerprint density at radius 2 is 1.91 bits per heavy atom. The van der Waals surface area contributed by atoms with Crippen molar-refractivity contribution in [1.29, 1.82) is 0 Å². The van der Waals surface area contributed by atoms with Gasteiger partial charge in [0.25, 0.3) is 0 Å². The summed E-state index contributed by atoms with van der Waals surface area (Å²) in [5.41, 5.74) is 5.01. The van der Waals surface area contributed by atoms with Crippen LogP contribution in [0.5, 0.6) is 0 Å². The molecule has 0 unspecified atom stereocenters. The zero-order valence-corrected chi connectivity index (χ0v) is 17.7. The van der Waals surface area contributed by atoms with Crippen LogP contribution in [0.3, 0.4) is 0 Å². The molecule has 9 heteroatoms. The molecule has 1 aromatic carbocycles. The molecule has 0 amide bonds. The summed E-state index contributed by atoms with van der Waals surface area (Å²) in [4.78, 5) is 16.2. The highest BCUT2D eigenvalue weighted by Crippen LogP contribution is 2.19. The zero-order valence-electron chi connectivity index (χ0n) is 17.7. The van der Waals surface area contributed by atoms with Crippen LogP contribution in [0, 0.1) is 0 Å². The van der Waals surface area contributed by atoms with E-state index in [1.165, 1.54) is 25.9 Å². The van der Waals surface area contributed by atoms with Gasteiger partial charge in [-0.05, 0) is 49.7 Å². The molecule has 0 radical (unpaired) electrons. The number of fused-ring (bicyclic) bond motifs is 2. The summed E-state index contributed by atoms with van der Waals surface area (Å²) in [5, 5.41) is 14.1. The van der Waals surface area contributed by atoms with Crippen molar-refractivity contribution in [3.63, 3.8) is 0 Å². The lowest BCUT2D eigenvalue weighted by molar-refractivity contribution is 0.316. The smallest absolute Gasteiger partial charge is 0.221 e. The lowest BCUT2D eigenvalue weighted by atomic mass is 10.1. The monoisotopic (exact) mass is 425 g/mol. The summed E-state index contributed by atoms with van der Waals surface area (Å²) in [6.45, 7) is 4.87. The molecular weight excluding hydrogens is 402 g/mol. The number of rotatable bonds is 6. The van der Waals surface area contributed by atoms with Crippen LogP contribution in [-0.2, 0) is 13.1 Å². The molecule has 6 rings (SSSR count). The summed E-state index contributed by atoms with van der Waals surface area (Å²) in [5.74, 6) is 0. The summed E-state index contributed by atoms with van der Waals surface area (Å²) in [6.07, 6.45) is 10.0. The third-order valence-electron chi connectivity index (χ3n) is 6.00. The number of hydrogen-bond donors (Lipinski definition) is 0. The van der Waals surface area contributed by atoms with E-state index in [0.29, 0.717) is 17.8 Å². The van der Waals surface area contributed by atoms with Crippen molar-refractivity contribution in [3.8, 4) is 11.3 Å². The maximum atomic E-state index is 4.81. The van der Waals surface area contributed by atoms with Crippen molar-refractivity contribution in [1.82, 2.24) is 44.6 Å². The van der Waals surface area contributed by atoms with Gasteiger partial charge in [-0.3, -0.25) is 9.67 Å². The lowest BCUT2D eigenvalue weighted by Gasteiger charge is -2.13. The lowest BCUT2D eigenvalue weighted by Crippen LogP contribution is -2.24. The normalized spacial score (nSPS) is 14.6. The highest BCUT2D eigenvalue weighted by molar-refractivity contribution is 5.79. The van der Waals surface area contributed by atoms with E-state index in [1.807, 2.05) is 29.2 Å². The summed E-state index contributed by atoms with van der Waals surface area (Å²) in [6, 6.07) is 10.2. The molecule has 0 N–H and O–H groups in total. The number of aromatic nitrogens is 8. The van der Waals surface area contributed by atoms with Crippen LogP contribution in [0.25, 0.3) is 33.5 Å². The fraction of sp³-hybridized carbons (Fsp3) is 0.304. The average Bonchev–Trinajstić information content (AvgIpc) is 3.59. The Balaban J connectivity index is 1.24. The van der Waals surface area contributed by atoms with Gasteiger partial charge < -0.3 is 4.90 Å². The standard InChI is InChI=1S/C23H23N9/c1-2-9-30(8-1)10-11-31-16-19(13-26-31)21-14-25-22-23(27-21)32(29-28-22)15-17-5-6-20-18(12-17)4-3-7-24-20/h3-7,12-14,16H,1-2,8-11,15H2. The first kappa shape index (κ1) is 19.0. The molecule has 0 aliphatic carbocycles. The second kappa shape index (κ2) is 8.08. The van der Waals surface area contributed by atoms with E-state index < -0.39 is 0 Å². The van der Waals surface area contributed by atoms with Crippen molar-refractivity contribution >= 4 is 22.2 Å². The Kier molecular flexibility index (Phi) is 4.80. The van der Waals surface area contributed by atoms with Gasteiger partial charge in [-0.25, -0.2) is 14.6 Å². The van der Waals surface area contributed by atoms with Crippen molar-refractivity contribution in [3.05, 3.63) is 60.7 Å². The van der Waals surface area contributed by atoms with Crippen LogP contribution in [-0.4, -0.2) is 64.3 Å². The van der Waals surface area contributed by atoms with E-state index in [4.69, 9.17) is 4.98 Å². The molecule has 1 fully saturated rings. The molecular formula is C23H23N9. The molecule has 0 bridgehead atoms. The van der Waals surface area contributed by atoms with Crippen LogP contribution in [0.15, 0.2) is 55.1 Å². The Hall–Kier alpha value is -3.72. The molecule has 160 valence electrons. The van der Waals surface area contributed by atoms with Crippen LogP contribution >= 0.6 is 0 Å². The number of benzene rings is 1. The predicted molar refractivity (Wildman–Crippen MR) is 121 cm³/mol. The molecule has 4 aromatic heterocycles. The van der Waals surface area contributed by atoms with Gasteiger partial charge in [0.1, 0.15) is 0 Å². The highest BCUT2D eigenvalue weighted by atomic mass is 15.4. The van der Waals surface area contributed by atoms with E-state index in [9.17, 15) is 0 Å². The van der Waals surface area contributed by atoms with Crippen LogP contribution in [0.2, 0.25) is 0 Å². The minimum Gasteiger partial charge on any atom is -0.301 e. The molecule has 1 saturated heterocycles. The van der Waals surface area contributed by atoms with E-state index in [0.717, 1.165) is 40.8 Å². The average molecular weight is 426 g/mol. The fourth-order valence-electron chi connectivity index (χ4n) is 4.27. The van der Waals surface area contributed by atoms with Gasteiger partial charge in [-0.15, -0.1) is 5.10 Å². The summed E-state index contributed by atoms with van der Waals surface area (Å²) in [7, 11) is 0. The molecule has 1 aliphatic rings. The number of hydrogen-bond acceptors (Lipinski definition) is 7. The molecule has 9 nitrogen and oxygen atoms in total. The second-order valence-corrected chi connectivity index (χ2v) is 8.22. The van der Waals surface area contributed by atoms with Gasteiger partial charge in [0.2, 0.25) is 5.65 Å². The van der Waals surface area contributed by atoms with E-state index in [2.05, 4.69) is 48.5 Å². The van der Waals surface area contributed by atoms with Crippen LogP contribution < -0.4 is 0 Å². The minimum absolute atomic E-state index is 0.539. The Bertz CT molecular complexity index is 1380. The van der Waals surface area contributed by atoms with Gasteiger partial charge >= 0.3 is 0 Å². The van der Waals surface area contributed by atoms with Gasteiger partial charge in [0.15, 0.2) is 5.65 Å². The Morgan fingerprint density at radius 3 is 2.84 bits per heavy atom. The molecule has 5 heterocycles. The topological polar surface area (TPSA) is 90.4 Å². The third kappa shape index (κ3) is 3.71. The maximum absolute atomic E-state index is 4.81. The third-order valence-corrected chi connectivity index (χ3v) is 6.00. The molecule has 0 saturated carbocycles. The first-order valence-electron chi connectivity index (χ1n) is 11.0. The van der Waals surface area contributed by atoms with Crippen molar-refractivity contribution in [2.24, 2.45) is 0 Å². The van der Waals surface area contributed by atoms with E-state index >= 15 is 0 Å². The quantitative estimate of drug-likeness (QED) is 0.413. The number of nitrogens with zero attached hydrogens (tertiary/aromatic N) is 9. The van der Waals surface area contributed by atoms with Crippen LogP contribution in [0.1, 0.15) is 18.4 Å². The molecule has 5 aromatic rings. The molecule has 0 spiro atoms. The van der Waals surface area contributed by atoms with Crippen molar-refractivity contribution in [2.75, 3.05) is 19.6 Å². The summed E-state index contributed by atoms with van der Waals surface area (Å²) < 4.78 is 3.78. The van der Waals surface area contributed by atoms with Gasteiger partial charge in [-0.2, -0.15) is 5.10 Å². The van der Waals surface area contributed by atoms with Crippen molar-refractivity contribution < 1.29 is 0 Å². The first-order chi connectivity index (χ1) is 15.8. The number of pyridine rings is 1. The minimum atomic E-state index is 0.539. The van der Waals surface area contributed by atoms with Gasteiger partial charge in [-0.1, -0.05) is 17.3 Å². The first-order valence-corrected chi connectivity index (χ1v) is 11.0. The van der Waals surface area contributed by atoms with Crippen LogP contribution in [0.4, 0.5) is 0 Å². The Morgan fingerprint density at radius 1 is 0.969 bits per heavy atom. The van der Waals surface area contributed by atoms with E-state index in [-0.39, 0.29) is 0 Å². The number of likely N-dealkylation sites (tertiary alicyclic amines) is 1. The van der Waals surface area contributed by atoms with E-state index in [1.54, 1.807) is 17.1 Å². The summed E-state index contributed by atoms with van der Waals surface area (Å²) >= 11 is 0. The molecule has 32 heavy (non-hydrogen) atoms.